The Balaban J connectivity index is 2.00. The van der Waals surface area contributed by atoms with Crippen LogP contribution in [0.1, 0.15) is 35.6 Å². The van der Waals surface area contributed by atoms with E-state index in [1.54, 1.807) is 0 Å². The van der Waals surface area contributed by atoms with E-state index in [2.05, 4.69) is 11.4 Å². The maximum absolute atomic E-state index is 9.94. The molecule has 1 atom stereocenters. The summed E-state index contributed by atoms with van der Waals surface area (Å²) in [4.78, 5) is 0. The molecule has 2 N–H and O–H groups in total. The summed E-state index contributed by atoms with van der Waals surface area (Å²) in [5.74, 6) is 0.415. The molecular formula is C12H15NO2. The minimum Gasteiger partial charge on any atom is -0.508 e. The Hall–Kier alpha value is -1.06. The molecule has 0 aromatic heterocycles. The molecule has 3 rings (SSSR count). The van der Waals surface area contributed by atoms with Crippen molar-refractivity contribution in [1.29, 1.82) is 0 Å². The predicted octanol–water partition coefficient (Wildman–Crippen LogP) is 1.85. The van der Waals surface area contributed by atoms with E-state index in [0.29, 0.717) is 25.0 Å². The van der Waals surface area contributed by atoms with Gasteiger partial charge in [-0.05, 0) is 42.6 Å². The van der Waals surface area contributed by atoms with Crippen LogP contribution in [0.5, 0.6) is 5.75 Å². The summed E-state index contributed by atoms with van der Waals surface area (Å²) in [5.41, 5.74) is 3.41. The number of hydrogen-bond donors (Lipinski definition) is 2. The Bertz CT molecular complexity index is 383. The monoisotopic (exact) mass is 205 g/mol. The third kappa shape index (κ3) is 1.52. The fourth-order valence-electron chi connectivity index (χ4n) is 2.46. The zero-order valence-corrected chi connectivity index (χ0v) is 8.62. The van der Waals surface area contributed by atoms with Crippen LogP contribution in [0.4, 0.5) is 0 Å². The third-order valence-corrected chi connectivity index (χ3v) is 3.30. The Morgan fingerprint density at radius 2 is 2.07 bits per heavy atom. The number of aromatic hydroxyl groups is 1. The lowest BCUT2D eigenvalue weighted by Gasteiger charge is -2.13. The van der Waals surface area contributed by atoms with Crippen molar-refractivity contribution in [2.45, 2.75) is 32.1 Å². The average molecular weight is 205 g/mol. The topological polar surface area (TPSA) is 41.5 Å². The van der Waals surface area contributed by atoms with Crippen LogP contribution in [0.2, 0.25) is 0 Å². The summed E-state index contributed by atoms with van der Waals surface area (Å²) < 4.78 is 5.36. The summed E-state index contributed by atoms with van der Waals surface area (Å²) in [6.45, 7) is 2.38. The normalized spacial score (nSPS) is 24.4. The maximum Gasteiger partial charge on any atom is 0.120 e. The minimum atomic E-state index is 0.330. The SMILES string of the molecule is Oc1cc2c(cc1C1CCCN1)COC2. The van der Waals surface area contributed by atoms with Gasteiger partial charge in [0.1, 0.15) is 5.75 Å². The molecule has 0 saturated carbocycles. The second-order valence-electron chi connectivity index (χ2n) is 4.32. The van der Waals surface area contributed by atoms with Crippen molar-refractivity contribution in [3.63, 3.8) is 0 Å². The Kier molecular flexibility index (Phi) is 2.15. The van der Waals surface area contributed by atoms with E-state index in [9.17, 15) is 5.11 Å². The van der Waals surface area contributed by atoms with Crippen LogP contribution in [-0.4, -0.2) is 11.7 Å². The highest BCUT2D eigenvalue weighted by molar-refractivity contribution is 5.44. The van der Waals surface area contributed by atoms with Crippen LogP contribution < -0.4 is 5.32 Å². The lowest BCUT2D eigenvalue weighted by atomic mass is 9.99. The molecule has 0 radical (unpaired) electrons. The van der Waals surface area contributed by atoms with E-state index >= 15 is 0 Å². The van der Waals surface area contributed by atoms with Gasteiger partial charge in [0, 0.05) is 11.6 Å². The Morgan fingerprint density at radius 3 is 2.80 bits per heavy atom. The first-order valence-corrected chi connectivity index (χ1v) is 5.50. The summed E-state index contributed by atoms with van der Waals surface area (Å²) in [7, 11) is 0. The van der Waals surface area contributed by atoms with Crippen LogP contribution >= 0.6 is 0 Å². The van der Waals surface area contributed by atoms with Crippen LogP contribution in [0.15, 0.2) is 12.1 Å². The van der Waals surface area contributed by atoms with Gasteiger partial charge in [-0.3, -0.25) is 0 Å². The molecule has 1 fully saturated rings. The van der Waals surface area contributed by atoms with Gasteiger partial charge in [0.15, 0.2) is 0 Å². The van der Waals surface area contributed by atoms with Crippen molar-refractivity contribution in [2.24, 2.45) is 0 Å². The zero-order chi connectivity index (χ0) is 10.3. The molecule has 80 valence electrons. The first-order valence-electron chi connectivity index (χ1n) is 5.50. The van der Waals surface area contributed by atoms with Crippen molar-refractivity contribution in [3.8, 4) is 5.75 Å². The molecule has 0 amide bonds. The van der Waals surface area contributed by atoms with Crippen molar-refractivity contribution in [2.75, 3.05) is 6.54 Å². The van der Waals surface area contributed by atoms with Gasteiger partial charge in [0.2, 0.25) is 0 Å². The number of fused-ring (bicyclic) bond motifs is 1. The van der Waals surface area contributed by atoms with E-state index in [1.165, 1.54) is 12.0 Å². The molecule has 0 aliphatic carbocycles. The van der Waals surface area contributed by atoms with Gasteiger partial charge in [-0.2, -0.15) is 0 Å². The van der Waals surface area contributed by atoms with Crippen molar-refractivity contribution in [1.82, 2.24) is 5.32 Å². The summed E-state index contributed by atoms with van der Waals surface area (Å²) in [6.07, 6.45) is 2.31. The number of rotatable bonds is 1. The zero-order valence-electron chi connectivity index (χ0n) is 8.62. The summed E-state index contributed by atoms with van der Waals surface area (Å²) >= 11 is 0. The van der Waals surface area contributed by atoms with E-state index in [-0.39, 0.29) is 0 Å². The smallest absolute Gasteiger partial charge is 0.120 e. The minimum absolute atomic E-state index is 0.330. The molecule has 3 heteroatoms. The van der Waals surface area contributed by atoms with Gasteiger partial charge >= 0.3 is 0 Å². The van der Waals surface area contributed by atoms with E-state index in [0.717, 1.165) is 24.1 Å². The van der Waals surface area contributed by atoms with Gasteiger partial charge in [-0.25, -0.2) is 0 Å². The highest BCUT2D eigenvalue weighted by Crippen LogP contribution is 2.34. The lowest BCUT2D eigenvalue weighted by Crippen LogP contribution is -2.13. The predicted molar refractivity (Wildman–Crippen MR) is 56.6 cm³/mol. The summed E-state index contributed by atoms with van der Waals surface area (Å²) in [6, 6.07) is 4.29. The first-order chi connectivity index (χ1) is 7.34. The lowest BCUT2D eigenvalue weighted by molar-refractivity contribution is 0.134. The molecule has 1 saturated heterocycles. The molecule has 0 spiro atoms. The molecule has 1 aromatic carbocycles. The Labute approximate surface area is 89.1 Å². The molecular weight excluding hydrogens is 190 g/mol. The molecule has 15 heavy (non-hydrogen) atoms. The van der Waals surface area contributed by atoms with Crippen LogP contribution in [0.25, 0.3) is 0 Å². The standard InChI is InChI=1S/C12H15NO2/c14-12-5-9-7-15-6-8(9)4-10(12)11-2-1-3-13-11/h4-5,11,13-14H,1-3,6-7H2. The quantitative estimate of drug-likeness (QED) is 0.735. The van der Waals surface area contributed by atoms with Crippen LogP contribution in [-0.2, 0) is 18.0 Å². The highest BCUT2D eigenvalue weighted by atomic mass is 16.5. The van der Waals surface area contributed by atoms with Crippen molar-refractivity contribution < 1.29 is 9.84 Å². The second kappa shape index (κ2) is 3.51. The van der Waals surface area contributed by atoms with Gasteiger partial charge in [0.05, 0.1) is 13.2 Å². The van der Waals surface area contributed by atoms with Gasteiger partial charge in [-0.1, -0.05) is 0 Å². The Morgan fingerprint density at radius 1 is 1.27 bits per heavy atom. The molecule has 1 aromatic rings. The number of nitrogens with one attached hydrogen (secondary N) is 1. The maximum atomic E-state index is 9.94. The first kappa shape index (κ1) is 9.19. The number of hydrogen-bond acceptors (Lipinski definition) is 3. The van der Waals surface area contributed by atoms with Gasteiger partial charge in [-0.15, -0.1) is 0 Å². The largest absolute Gasteiger partial charge is 0.508 e. The second-order valence-corrected chi connectivity index (χ2v) is 4.32. The van der Waals surface area contributed by atoms with Crippen LogP contribution in [0, 0.1) is 0 Å². The van der Waals surface area contributed by atoms with Crippen molar-refractivity contribution in [3.05, 3.63) is 28.8 Å². The fourth-order valence-corrected chi connectivity index (χ4v) is 2.46. The molecule has 2 aliphatic heterocycles. The van der Waals surface area contributed by atoms with Crippen LogP contribution in [0.3, 0.4) is 0 Å². The summed E-state index contributed by atoms with van der Waals surface area (Å²) in [5, 5.41) is 13.3. The molecule has 0 bridgehead atoms. The van der Waals surface area contributed by atoms with Gasteiger partial charge in [0.25, 0.3) is 0 Å². The molecule has 2 heterocycles. The molecule has 1 unspecified atom stereocenters. The van der Waals surface area contributed by atoms with E-state index in [1.807, 2.05) is 6.07 Å². The molecule has 2 aliphatic rings. The number of benzene rings is 1. The third-order valence-electron chi connectivity index (χ3n) is 3.30. The van der Waals surface area contributed by atoms with Crippen molar-refractivity contribution >= 4 is 0 Å². The number of ether oxygens (including phenoxy) is 1. The fraction of sp³-hybridized carbons (Fsp3) is 0.500. The number of phenols is 1. The van der Waals surface area contributed by atoms with E-state index < -0.39 is 0 Å². The van der Waals surface area contributed by atoms with Gasteiger partial charge < -0.3 is 15.2 Å². The molecule has 3 nitrogen and oxygen atoms in total. The van der Waals surface area contributed by atoms with E-state index in [4.69, 9.17) is 4.74 Å². The average Bonchev–Trinajstić information content (AvgIpc) is 2.85. The highest BCUT2D eigenvalue weighted by Gasteiger charge is 2.22. The number of phenolic OH excluding ortho intramolecular Hbond substituents is 1.